The maximum Gasteiger partial charge on any atom is 0.461 e. The lowest BCUT2D eigenvalue weighted by atomic mass is 9.99. The average Bonchev–Trinajstić information content (AvgIpc) is 2.91. The van der Waals surface area contributed by atoms with Gasteiger partial charge in [0.05, 0.1) is 0 Å². The van der Waals surface area contributed by atoms with E-state index in [1.54, 1.807) is 43.8 Å². The minimum atomic E-state index is -4.69. The van der Waals surface area contributed by atoms with Gasteiger partial charge in [0.15, 0.2) is 0 Å². The van der Waals surface area contributed by atoms with Gasteiger partial charge in [-0.1, -0.05) is 12.1 Å². The SMILES string of the molecule is CNC1(Oc2cc(NC(=O)c3cccc(OC(F)(F)C(F)F)c3)ccc2C)NC=CC=C1c1ccncc1. The molecule has 0 fully saturated rings. The molecule has 1 aromatic heterocycles. The van der Waals surface area contributed by atoms with E-state index in [1.807, 2.05) is 31.2 Å². The standard InChI is InChI=1S/C27H24F4N4O3/c1-17-8-9-20(35-24(36)19-5-3-6-21(15-19)37-26(30,31)25(28)29)16-23(17)38-27(32-2)22(7-4-12-34-27)18-10-13-33-14-11-18/h3-16,25,32,34H,1-2H3,(H,35,36). The second kappa shape index (κ2) is 10.9. The number of nitrogens with one attached hydrogen (secondary N) is 3. The van der Waals surface area contributed by atoms with Gasteiger partial charge >= 0.3 is 12.5 Å². The molecule has 4 rings (SSSR count). The predicted molar refractivity (Wildman–Crippen MR) is 134 cm³/mol. The Bertz CT molecular complexity index is 1370. The number of carbonyl (C=O) groups excluding carboxylic acids is 1. The number of aryl methyl sites for hydroxylation is 1. The van der Waals surface area contributed by atoms with Gasteiger partial charge in [-0.2, -0.15) is 17.6 Å². The van der Waals surface area contributed by atoms with Crippen LogP contribution in [0.15, 0.2) is 85.3 Å². The zero-order valence-corrected chi connectivity index (χ0v) is 20.3. The first-order chi connectivity index (χ1) is 18.1. The fourth-order valence-corrected chi connectivity index (χ4v) is 3.74. The molecule has 1 unspecified atom stereocenters. The number of nitrogens with zero attached hydrogens (tertiary/aromatic N) is 1. The lowest BCUT2D eigenvalue weighted by Gasteiger charge is -2.38. The zero-order valence-electron chi connectivity index (χ0n) is 20.3. The van der Waals surface area contributed by atoms with Crippen LogP contribution < -0.4 is 25.4 Å². The summed E-state index contributed by atoms with van der Waals surface area (Å²) in [6, 6.07) is 13.3. The van der Waals surface area contributed by atoms with E-state index in [1.165, 1.54) is 12.1 Å². The van der Waals surface area contributed by atoms with Crippen molar-refractivity contribution in [1.82, 2.24) is 15.6 Å². The number of carbonyl (C=O) groups is 1. The Kier molecular flexibility index (Phi) is 7.67. The summed E-state index contributed by atoms with van der Waals surface area (Å²) >= 11 is 0. The van der Waals surface area contributed by atoms with Crippen LogP contribution in [0.3, 0.4) is 0 Å². The molecule has 2 heterocycles. The number of halogens is 4. The monoisotopic (exact) mass is 528 g/mol. The third-order valence-electron chi connectivity index (χ3n) is 5.68. The second-order valence-electron chi connectivity index (χ2n) is 8.28. The third kappa shape index (κ3) is 5.78. The summed E-state index contributed by atoms with van der Waals surface area (Å²) in [5, 5.41) is 9.04. The molecule has 1 aliphatic rings. The molecule has 11 heteroatoms. The van der Waals surface area contributed by atoms with Gasteiger partial charge in [0.1, 0.15) is 11.5 Å². The van der Waals surface area contributed by atoms with E-state index >= 15 is 0 Å². The highest BCUT2D eigenvalue weighted by Crippen LogP contribution is 2.33. The Balaban J connectivity index is 1.56. The first-order valence-electron chi connectivity index (χ1n) is 11.4. The number of rotatable bonds is 9. The number of pyridine rings is 1. The molecule has 7 nitrogen and oxygen atoms in total. The number of alkyl halides is 4. The molecule has 198 valence electrons. The van der Waals surface area contributed by atoms with Gasteiger partial charge in [-0.25, -0.2) is 0 Å². The average molecular weight is 529 g/mol. The number of hydrogen-bond donors (Lipinski definition) is 3. The van der Waals surface area contributed by atoms with E-state index in [0.29, 0.717) is 11.4 Å². The summed E-state index contributed by atoms with van der Waals surface area (Å²) < 4.78 is 62.0. The molecule has 1 aliphatic heterocycles. The highest BCUT2D eigenvalue weighted by Gasteiger charge is 2.44. The molecule has 0 bridgehead atoms. The van der Waals surface area contributed by atoms with E-state index in [2.05, 4.69) is 25.7 Å². The molecule has 0 spiro atoms. The van der Waals surface area contributed by atoms with Crippen LogP contribution in [0.25, 0.3) is 5.57 Å². The van der Waals surface area contributed by atoms with Gasteiger partial charge in [0, 0.05) is 41.5 Å². The maximum atomic E-state index is 13.3. The molecular formula is C27H24F4N4O3. The summed E-state index contributed by atoms with van der Waals surface area (Å²) in [6.07, 6.45) is 0.108. The number of hydrogen-bond acceptors (Lipinski definition) is 6. The molecule has 1 atom stereocenters. The normalized spacial score (nSPS) is 17.0. The highest BCUT2D eigenvalue weighted by atomic mass is 19.3. The van der Waals surface area contributed by atoms with Crippen molar-refractivity contribution in [3.8, 4) is 11.5 Å². The van der Waals surface area contributed by atoms with Gasteiger partial charge in [-0.15, -0.1) is 0 Å². The highest BCUT2D eigenvalue weighted by molar-refractivity contribution is 6.04. The van der Waals surface area contributed by atoms with Crippen LogP contribution in [-0.4, -0.2) is 36.3 Å². The Morgan fingerprint density at radius 1 is 1.11 bits per heavy atom. The van der Waals surface area contributed by atoms with Crippen LogP contribution in [0.1, 0.15) is 21.5 Å². The van der Waals surface area contributed by atoms with Crippen molar-refractivity contribution < 1.29 is 31.8 Å². The summed E-state index contributed by atoms with van der Waals surface area (Å²) in [5.74, 6) is -1.94. The number of amides is 1. The van der Waals surface area contributed by atoms with Crippen LogP contribution in [0.4, 0.5) is 23.2 Å². The third-order valence-corrected chi connectivity index (χ3v) is 5.68. The Morgan fingerprint density at radius 2 is 1.87 bits per heavy atom. The molecular weight excluding hydrogens is 504 g/mol. The smallest absolute Gasteiger partial charge is 0.450 e. The molecule has 1 amide bonds. The van der Waals surface area contributed by atoms with E-state index in [9.17, 15) is 22.4 Å². The Labute approximate surface area is 216 Å². The van der Waals surface area contributed by atoms with Crippen molar-refractivity contribution in [2.45, 2.75) is 25.3 Å². The zero-order chi connectivity index (χ0) is 27.3. The van der Waals surface area contributed by atoms with Crippen molar-refractivity contribution in [1.29, 1.82) is 0 Å². The molecule has 3 aromatic rings. The minimum Gasteiger partial charge on any atom is -0.450 e. The molecule has 3 N–H and O–H groups in total. The number of dihydropyridines is 1. The lowest BCUT2D eigenvalue weighted by Crippen LogP contribution is -2.59. The molecule has 0 radical (unpaired) electrons. The van der Waals surface area contributed by atoms with E-state index in [0.717, 1.165) is 28.8 Å². The van der Waals surface area contributed by atoms with Gasteiger partial charge in [-0.05, 0) is 73.6 Å². The van der Waals surface area contributed by atoms with E-state index in [-0.39, 0.29) is 5.56 Å². The van der Waals surface area contributed by atoms with Gasteiger partial charge in [-0.3, -0.25) is 15.1 Å². The van der Waals surface area contributed by atoms with Gasteiger partial charge in [0.25, 0.3) is 11.8 Å². The van der Waals surface area contributed by atoms with Gasteiger partial charge < -0.3 is 20.1 Å². The summed E-state index contributed by atoms with van der Waals surface area (Å²) in [4.78, 5) is 16.9. The lowest BCUT2D eigenvalue weighted by molar-refractivity contribution is -0.253. The number of anilines is 1. The number of aromatic nitrogens is 1. The van der Waals surface area contributed by atoms with E-state index in [4.69, 9.17) is 4.74 Å². The minimum absolute atomic E-state index is 0.0655. The van der Waals surface area contributed by atoms with Crippen molar-refractivity contribution in [2.24, 2.45) is 0 Å². The predicted octanol–water partition coefficient (Wildman–Crippen LogP) is 5.33. The summed E-state index contributed by atoms with van der Waals surface area (Å²) in [6.45, 7) is 1.84. The quantitative estimate of drug-likeness (QED) is 0.257. The van der Waals surface area contributed by atoms with Crippen molar-refractivity contribution in [2.75, 3.05) is 12.4 Å². The van der Waals surface area contributed by atoms with Crippen molar-refractivity contribution in [3.05, 3.63) is 102 Å². The number of ether oxygens (including phenoxy) is 2. The molecule has 0 saturated carbocycles. The molecule has 0 aliphatic carbocycles. The second-order valence-corrected chi connectivity index (χ2v) is 8.28. The first-order valence-corrected chi connectivity index (χ1v) is 11.4. The fourth-order valence-electron chi connectivity index (χ4n) is 3.74. The Hall–Kier alpha value is -4.38. The van der Waals surface area contributed by atoms with Crippen LogP contribution >= 0.6 is 0 Å². The number of allylic oxidation sites excluding steroid dienone is 2. The van der Waals surface area contributed by atoms with Crippen molar-refractivity contribution >= 4 is 17.2 Å². The van der Waals surface area contributed by atoms with Gasteiger partial charge in [0.2, 0.25) is 0 Å². The van der Waals surface area contributed by atoms with Crippen LogP contribution in [-0.2, 0) is 0 Å². The molecule has 2 aromatic carbocycles. The summed E-state index contributed by atoms with van der Waals surface area (Å²) in [7, 11) is 1.73. The number of likely N-dealkylation sites (N-methyl/N-ethyl adjacent to an activating group) is 1. The van der Waals surface area contributed by atoms with Crippen LogP contribution in [0, 0.1) is 6.92 Å². The Morgan fingerprint density at radius 3 is 2.58 bits per heavy atom. The number of benzene rings is 2. The van der Waals surface area contributed by atoms with Crippen molar-refractivity contribution in [3.63, 3.8) is 0 Å². The van der Waals surface area contributed by atoms with Crippen LogP contribution in [0.2, 0.25) is 0 Å². The first kappa shape index (κ1) is 26.7. The molecule has 0 saturated heterocycles. The van der Waals surface area contributed by atoms with Crippen LogP contribution in [0.5, 0.6) is 11.5 Å². The molecule has 38 heavy (non-hydrogen) atoms. The fraction of sp³-hybridized carbons (Fsp3) is 0.185. The summed E-state index contributed by atoms with van der Waals surface area (Å²) in [5.41, 5.74) is 2.72. The maximum absolute atomic E-state index is 13.3. The van der Waals surface area contributed by atoms with E-state index < -0.39 is 30.0 Å². The largest absolute Gasteiger partial charge is 0.461 e. The topological polar surface area (TPSA) is 84.5 Å².